The number of hydrogen-bond acceptors (Lipinski definition) is 5. The zero-order valence-electron chi connectivity index (χ0n) is 18.2. The van der Waals surface area contributed by atoms with E-state index in [0.29, 0.717) is 48.6 Å². The molecule has 0 atom stereocenters. The second-order valence-corrected chi connectivity index (χ2v) is 8.61. The molecule has 3 aromatic carbocycles. The van der Waals surface area contributed by atoms with Crippen LogP contribution in [0.25, 0.3) is 0 Å². The molecule has 4 rings (SSSR count). The van der Waals surface area contributed by atoms with Gasteiger partial charge in [-0.05, 0) is 42.5 Å². The number of nitrogens with zero attached hydrogens (tertiary/aromatic N) is 3. The van der Waals surface area contributed by atoms with Gasteiger partial charge in [-0.1, -0.05) is 42.1 Å². The van der Waals surface area contributed by atoms with E-state index in [-0.39, 0.29) is 11.8 Å². The second kappa shape index (κ2) is 10.2. The predicted octanol–water partition coefficient (Wildman–Crippen LogP) is 4.32. The Labute approximate surface area is 197 Å². The molecular weight excluding hydrogens is 434 g/mol. The molecule has 0 radical (unpaired) electrons. The highest BCUT2D eigenvalue weighted by Gasteiger charge is 2.27. The first-order chi connectivity index (χ1) is 16.1. The summed E-state index contributed by atoms with van der Waals surface area (Å²) in [6.45, 7) is 1.85. The first kappa shape index (κ1) is 22.4. The van der Waals surface area contributed by atoms with Crippen LogP contribution < -0.4 is 4.74 Å². The van der Waals surface area contributed by atoms with Crippen molar-refractivity contribution in [2.45, 2.75) is 9.79 Å². The fraction of sp³-hybridized carbons (Fsp3) is 0.192. The largest absolute Gasteiger partial charge is 0.497 e. The molecule has 1 heterocycles. The number of ether oxygens (including phenoxy) is 1. The lowest BCUT2D eigenvalue weighted by atomic mass is 10.1. The van der Waals surface area contributed by atoms with E-state index in [9.17, 15) is 14.9 Å². The molecule has 0 aromatic heterocycles. The number of rotatable bonds is 5. The number of piperazine rings is 1. The third-order valence-electron chi connectivity index (χ3n) is 5.52. The van der Waals surface area contributed by atoms with Crippen molar-refractivity contribution in [3.63, 3.8) is 0 Å². The normalized spacial score (nSPS) is 13.3. The molecule has 1 fully saturated rings. The van der Waals surface area contributed by atoms with E-state index < -0.39 is 0 Å². The van der Waals surface area contributed by atoms with Crippen molar-refractivity contribution in [1.29, 1.82) is 5.26 Å². The van der Waals surface area contributed by atoms with E-state index in [1.807, 2.05) is 42.5 Å². The van der Waals surface area contributed by atoms with E-state index in [4.69, 9.17) is 4.74 Å². The molecule has 6 nitrogen and oxygen atoms in total. The standard InChI is InChI=1S/C26H23N3O3S/c1-32-21-9-6-8-19(17-21)25(30)28-13-15-29(16-14-28)26(31)22-10-3-5-12-24(22)33-23-11-4-2-7-20(23)18-27/h2-12,17H,13-16H2,1H3. The van der Waals surface area contributed by atoms with Crippen LogP contribution in [0.15, 0.2) is 82.6 Å². The zero-order valence-corrected chi connectivity index (χ0v) is 19.0. The fourth-order valence-electron chi connectivity index (χ4n) is 3.72. The Morgan fingerprint density at radius 2 is 1.48 bits per heavy atom. The van der Waals surface area contributed by atoms with E-state index in [1.165, 1.54) is 11.8 Å². The average molecular weight is 458 g/mol. The van der Waals surface area contributed by atoms with Crippen LogP contribution in [0.4, 0.5) is 0 Å². The van der Waals surface area contributed by atoms with Crippen LogP contribution in [0.1, 0.15) is 26.3 Å². The van der Waals surface area contributed by atoms with Crippen LogP contribution in [0, 0.1) is 11.3 Å². The van der Waals surface area contributed by atoms with Gasteiger partial charge in [0.2, 0.25) is 0 Å². The Bertz CT molecular complexity index is 1210. The number of carbonyl (C=O) groups excluding carboxylic acids is 2. The summed E-state index contributed by atoms with van der Waals surface area (Å²) in [5.41, 5.74) is 1.75. The third kappa shape index (κ3) is 5.02. The van der Waals surface area contributed by atoms with Crippen molar-refractivity contribution in [1.82, 2.24) is 9.80 Å². The molecular formula is C26H23N3O3S. The van der Waals surface area contributed by atoms with E-state index in [1.54, 1.807) is 47.2 Å². The van der Waals surface area contributed by atoms with Crippen molar-refractivity contribution in [3.05, 3.63) is 89.5 Å². The SMILES string of the molecule is COc1cccc(C(=O)N2CCN(C(=O)c3ccccc3Sc3ccccc3C#N)CC2)c1. The highest BCUT2D eigenvalue weighted by atomic mass is 32.2. The molecule has 0 saturated carbocycles. The van der Waals surface area contributed by atoms with E-state index in [0.717, 1.165) is 9.79 Å². The number of nitriles is 1. The molecule has 0 unspecified atom stereocenters. The van der Waals surface area contributed by atoms with Crippen molar-refractivity contribution >= 4 is 23.6 Å². The fourth-order valence-corrected chi connectivity index (χ4v) is 4.74. The first-order valence-corrected chi connectivity index (χ1v) is 11.4. The van der Waals surface area contributed by atoms with Crippen LogP contribution in [-0.2, 0) is 0 Å². The van der Waals surface area contributed by atoms with Gasteiger partial charge in [0, 0.05) is 41.5 Å². The minimum Gasteiger partial charge on any atom is -0.497 e. The maximum Gasteiger partial charge on any atom is 0.255 e. The topological polar surface area (TPSA) is 73.6 Å². The number of carbonyl (C=O) groups is 2. The van der Waals surface area contributed by atoms with Crippen molar-refractivity contribution < 1.29 is 14.3 Å². The Morgan fingerprint density at radius 3 is 2.18 bits per heavy atom. The van der Waals surface area contributed by atoms with Crippen molar-refractivity contribution in [2.24, 2.45) is 0 Å². The number of hydrogen-bond donors (Lipinski definition) is 0. The van der Waals surface area contributed by atoms with Crippen LogP contribution in [0.5, 0.6) is 5.75 Å². The lowest BCUT2D eigenvalue weighted by Gasteiger charge is -2.35. The molecule has 1 aliphatic rings. The number of amides is 2. The summed E-state index contributed by atoms with van der Waals surface area (Å²) in [4.78, 5) is 31.4. The van der Waals surface area contributed by atoms with Gasteiger partial charge in [0.15, 0.2) is 0 Å². The summed E-state index contributed by atoms with van der Waals surface area (Å²) in [5, 5.41) is 9.38. The molecule has 0 bridgehead atoms. The molecule has 7 heteroatoms. The van der Waals surface area contributed by atoms with Crippen LogP contribution in [0.3, 0.4) is 0 Å². The Hall–Kier alpha value is -3.76. The minimum atomic E-state index is -0.0685. The number of methoxy groups -OCH3 is 1. The highest BCUT2D eigenvalue weighted by Crippen LogP contribution is 2.33. The predicted molar refractivity (Wildman–Crippen MR) is 127 cm³/mol. The van der Waals surface area contributed by atoms with Gasteiger partial charge in [0.05, 0.1) is 18.2 Å². The molecule has 2 amide bonds. The van der Waals surface area contributed by atoms with E-state index in [2.05, 4.69) is 6.07 Å². The Kier molecular flexibility index (Phi) is 6.96. The van der Waals surface area contributed by atoms with Gasteiger partial charge in [0.1, 0.15) is 11.8 Å². The van der Waals surface area contributed by atoms with Gasteiger partial charge in [-0.25, -0.2) is 0 Å². The van der Waals surface area contributed by atoms with Crippen molar-refractivity contribution in [2.75, 3.05) is 33.3 Å². The van der Waals surface area contributed by atoms with Gasteiger partial charge in [-0.15, -0.1) is 0 Å². The van der Waals surface area contributed by atoms with Crippen molar-refractivity contribution in [3.8, 4) is 11.8 Å². The summed E-state index contributed by atoms with van der Waals surface area (Å²) in [6.07, 6.45) is 0. The molecule has 3 aromatic rings. The monoisotopic (exact) mass is 457 g/mol. The summed E-state index contributed by atoms with van der Waals surface area (Å²) >= 11 is 1.42. The molecule has 0 N–H and O–H groups in total. The molecule has 0 aliphatic carbocycles. The van der Waals surface area contributed by atoms with Gasteiger partial charge >= 0.3 is 0 Å². The average Bonchev–Trinajstić information content (AvgIpc) is 2.88. The smallest absolute Gasteiger partial charge is 0.255 e. The quantitative estimate of drug-likeness (QED) is 0.571. The molecule has 1 saturated heterocycles. The number of benzene rings is 3. The summed E-state index contributed by atoms with van der Waals surface area (Å²) in [5.74, 6) is 0.507. The molecule has 166 valence electrons. The molecule has 1 aliphatic heterocycles. The minimum absolute atomic E-state index is 0.0648. The second-order valence-electron chi connectivity index (χ2n) is 7.52. The first-order valence-electron chi connectivity index (χ1n) is 10.6. The maximum atomic E-state index is 13.3. The summed E-state index contributed by atoms with van der Waals surface area (Å²) < 4.78 is 5.21. The van der Waals surface area contributed by atoms with Gasteiger partial charge in [0.25, 0.3) is 11.8 Å². The maximum absolute atomic E-state index is 13.3. The summed E-state index contributed by atoms with van der Waals surface area (Å²) in [6, 6.07) is 24.1. The Balaban J connectivity index is 1.45. The zero-order chi connectivity index (χ0) is 23.2. The van der Waals surface area contributed by atoms with Gasteiger partial charge < -0.3 is 14.5 Å². The Morgan fingerprint density at radius 1 is 0.848 bits per heavy atom. The third-order valence-corrected chi connectivity index (χ3v) is 6.67. The van der Waals surface area contributed by atoms with Gasteiger partial charge in [-0.2, -0.15) is 5.26 Å². The highest BCUT2D eigenvalue weighted by molar-refractivity contribution is 7.99. The molecule has 33 heavy (non-hydrogen) atoms. The lowest BCUT2D eigenvalue weighted by Crippen LogP contribution is -2.50. The lowest BCUT2D eigenvalue weighted by molar-refractivity contribution is 0.0533. The van der Waals surface area contributed by atoms with Crippen LogP contribution >= 0.6 is 11.8 Å². The summed E-state index contributed by atoms with van der Waals surface area (Å²) in [7, 11) is 1.57. The molecule has 0 spiro atoms. The van der Waals surface area contributed by atoms with Crippen LogP contribution in [0.2, 0.25) is 0 Å². The van der Waals surface area contributed by atoms with Crippen LogP contribution in [-0.4, -0.2) is 54.9 Å². The van der Waals surface area contributed by atoms with E-state index >= 15 is 0 Å². The van der Waals surface area contributed by atoms with Gasteiger partial charge in [-0.3, -0.25) is 9.59 Å².